The molecule has 130 valence electrons. The van der Waals surface area contributed by atoms with Gasteiger partial charge in [-0.1, -0.05) is 0 Å². The number of benzene rings is 1. The summed E-state index contributed by atoms with van der Waals surface area (Å²) in [6.45, 7) is 0. The first-order valence-electron chi connectivity index (χ1n) is 7.16. The number of rotatable bonds is 4. The summed E-state index contributed by atoms with van der Waals surface area (Å²) in [6.07, 6.45) is -3.21. The van der Waals surface area contributed by atoms with Gasteiger partial charge in [0.1, 0.15) is 28.5 Å². The van der Waals surface area contributed by atoms with Gasteiger partial charge >= 0.3 is 6.18 Å². The fraction of sp³-hybridized carbons (Fsp3) is 0.176. The highest BCUT2D eigenvalue weighted by Gasteiger charge is 2.31. The molecule has 0 fully saturated rings. The van der Waals surface area contributed by atoms with Gasteiger partial charge in [-0.25, -0.2) is 4.98 Å². The Bertz CT molecular complexity index is 948. The lowest BCUT2D eigenvalue weighted by atomic mass is 10.1. The molecule has 25 heavy (non-hydrogen) atoms. The maximum atomic E-state index is 12.9. The van der Waals surface area contributed by atoms with Crippen molar-refractivity contribution in [2.45, 2.75) is 6.18 Å². The molecule has 0 unspecified atom stereocenters. The first-order valence-corrected chi connectivity index (χ1v) is 7.16. The molecule has 0 spiro atoms. The predicted octanol–water partition coefficient (Wildman–Crippen LogP) is 3.85. The zero-order chi connectivity index (χ0) is 18.2. The van der Waals surface area contributed by atoms with Crippen LogP contribution in [0.15, 0.2) is 36.5 Å². The van der Waals surface area contributed by atoms with Crippen LogP contribution in [0.25, 0.3) is 16.9 Å². The van der Waals surface area contributed by atoms with Gasteiger partial charge < -0.3 is 9.47 Å². The molecule has 5 nitrogen and oxygen atoms in total. The minimum atomic E-state index is -4.52. The van der Waals surface area contributed by atoms with Gasteiger partial charge in [0.2, 0.25) is 0 Å². The number of halogens is 3. The summed E-state index contributed by atoms with van der Waals surface area (Å²) in [4.78, 5) is 15.9. The third-order valence-electron chi connectivity index (χ3n) is 3.76. The predicted molar refractivity (Wildman–Crippen MR) is 84.1 cm³/mol. The van der Waals surface area contributed by atoms with Crippen LogP contribution in [0.5, 0.6) is 11.5 Å². The van der Waals surface area contributed by atoms with E-state index in [1.807, 2.05) is 0 Å². The van der Waals surface area contributed by atoms with E-state index < -0.39 is 11.7 Å². The van der Waals surface area contributed by atoms with E-state index in [1.165, 1.54) is 20.3 Å². The number of nitrogens with zero attached hydrogens (tertiary/aromatic N) is 2. The molecule has 0 N–H and O–H groups in total. The molecule has 2 aromatic heterocycles. The molecule has 8 heteroatoms. The minimum absolute atomic E-state index is 0.00680. The van der Waals surface area contributed by atoms with Crippen LogP contribution < -0.4 is 9.47 Å². The number of alkyl halides is 3. The number of fused-ring (bicyclic) bond motifs is 1. The van der Waals surface area contributed by atoms with Gasteiger partial charge in [-0.2, -0.15) is 13.2 Å². The third kappa shape index (κ3) is 2.90. The van der Waals surface area contributed by atoms with Crippen molar-refractivity contribution in [1.82, 2.24) is 9.38 Å². The standard InChI is InChI=1S/C17H13F3N2O3/c1-24-11-4-5-14(25-2)12(7-11)16-13(9-23)22-8-10(17(18,19)20)3-6-15(22)21-16/h3-9H,1-2H3. The van der Waals surface area contributed by atoms with Crippen molar-refractivity contribution < 1.29 is 27.4 Å². The highest BCUT2D eigenvalue weighted by Crippen LogP contribution is 2.36. The molecule has 0 atom stereocenters. The van der Waals surface area contributed by atoms with Crippen molar-refractivity contribution in [3.05, 3.63) is 47.8 Å². The highest BCUT2D eigenvalue weighted by molar-refractivity contribution is 5.88. The summed E-state index contributed by atoms with van der Waals surface area (Å²) in [6, 6.07) is 7.04. The van der Waals surface area contributed by atoms with Gasteiger partial charge in [-0.3, -0.25) is 9.20 Å². The smallest absolute Gasteiger partial charge is 0.417 e. The molecular formula is C17H13F3N2O3. The summed E-state index contributed by atoms with van der Waals surface area (Å²) in [7, 11) is 2.93. The number of hydrogen-bond acceptors (Lipinski definition) is 4. The lowest BCUT2D eigenvalue weighted by Crippen LogP contribution is -2.07. The molecule has 2 heterocycles. The van der Waals surface area contributed by atoms with E-state index in [-0.39, 0.29) is 17.0 Å². The van der Waals surface area contributed by atoms with Crippen molar-refractivity contribution >= 4 is 11.9 Å². The molecule has 0 saturated carbocycles. The van der Waals surface area contributed by atoms with Crippen LogP contribution in [0.3, 0.4) is 0 Å². The Morgan fingerprint density at radius 2 is 1.88 bits per heavy atom. The normalized spacial score (nSPS) is 11.6. The second kappa shape index (κ2) is 6.12. The van der Waals surface area contributed by atoms with E-state index in [4.69, 9.17) is 9.47 Å². The molecule has 3 rings (SSSR count). The Balaban J connectivity index is 2.29. The molecule has 0 bridgehead atoms. The number of imidazole rings is 1. The van der Waals surface area contributed by atoms with Gasteiger partial charge in [-0.05, 0) is 30.3 Å². The summed E-state index contributed by atoms with van der Waals surface area (Å²) in [5, 5.41) is 0. The highest BCUT2D eigenvalue weighted by atomic mass is 19.4. The Kier molecular flexibility index (Phi) is 4.12. The zero-order valence-electron chi connectivity index (χ0n) is 13.3. The molecule has 1 aromatic carbocycles. The number of methoxy groups -OCH3 is 2. The lowest BCUT2D eigenvalue weighted by molar-refractivity contribution is -0.137. The van der Waals surface area contributed by atoms with E-state index in [0.29, 0.717) is 23.3 Å². The molecule has 0 radical (unpaired) electrons. The van der Waals surface area contributed by atoms with Crippen LogP contribution >= 0.6 is 0 Å². The van der Waals surface area contributed by atoms with Gasteiger partial charge in [0.25, 0.3) is 0 Å². The van der Waals surface area contributed by atoms with Crippen LogP contribution in [-0.4, -0.2) is 29.9 Å². The van der Waals surface area contributed by atoms with E-state index in [9.17, 15) is 18.0 Å². The molecule has 0 saturated heterocycles. The lowest BCUT2D eigenvalue weighted by Gasteiger charge is -2.09. The second-order valence-corrected chi connectivity index (χ2v) is 5.17. The van der Waals surface area contributed by atoms with E-state index in [2.05, 4.69) is 4.98 Å². The monoisotopic (exact) mass is 350 g/mol. The summed E-state index contributed by atoms with van der Waals surface area (Å²) < 4.78 is 50.4. The van der Waals surface area contributed by atoms with Crippen LogP contribution in [-0.2, 0) is 6.18 Å². The summed E-state index contributed by atoms with van der Waals surface area (Å²) in [5.41, 5.74) is -0.00133. The third-order valence-corrected chi connectivity index (χ3v) is 3.76. The molecular weight excluding hydrogens is 337 g/mol. The van der Waals surface area contributed by atoms with Crippen molar-refractivity contribution in [3.8, 4) is 22.8 Å². The fourth-order valence-electron chi connectivity index (χ4n) is 2.54. The average molecular weight is 350 g/mol. The van der Waals surface area contributed by atoms with Crippen molar-refractivity contribution in [2.75, 3.05) is 14.2 Å². The van der Waals surface area contributed by atoms with Crippen molar-refractivity contribution in [3.63, 3.8) is 0 Å². The molecule has 0 aliphatic rings. The van der Waals surface area contributed by atoms with Gasteiger partial charge in [0.15, 0.2) is 6.29 Å². The van der Waals surface area contributed by atoms with Crippen LogP contribution in [0, 0.1) is 0 Å². The Morgan fingerprint density at radius 1 is 1.12 bits per heavy atom. The molecule has 0 amide bonds. The number of carbonyl (C=O) groups excluding carboxylic acids is 1. The summed E-state index contributed by atoms with van der Waals surface area (Å²) in [5.74, 6) is 0.920. The quantitative estimate of drug-likeness (QED) is 0.671. The minimum Gasteiger partial charge on any atom is -0.497 e. The number of aromatic nitrogens is 2. The average Bonchev–Trinajstić information content (AvgIpc) is 2.97. The van der Waals surface area contributed by atoms with Crippen LogP contribution in [0.1, 0.15) is 16.1 Å². The van der Waals surface area contributed by atoms with Crippen molar-refractivity contribution in [1.29, 1.82) is 0 Å². The number of aldehydes is 1. The number of pyridine rings is 1. The fourth-order valence-corrected chi connectivity index (χ4v) is 2.54. The van der Waals surface area contributed by atoms with E-state index in [1.54, 1.807) is 18.2 Å². The SMILES string of the molecule is COc1ccc(OC)c(-c2nc3ccc(C(F)(F)F)cn3c2C=O)c1. The molecule has 0 aliphatic carbocycles. The second-order valence-electron chi connectivity index (χ2n) is 5.17. The molecule has 0 aliphatic heterocycles. The number of carbonyl (C=O) groups is 1. The largest absolute Gasteiger partial charge is 0.497 e. The number of hydrogen-bond donors (Lipinski definition) is 0. The number of ether oxygens (including phenoxy) is 2. The maximum absolute atomic E-state index is 12.9. The maximum Gasteiger partial charge on any atom is 0.417 e. The van der Waals surface area contributed by atoms with Crippen molar-refractivity contribution in [2.24, 2.45) is 0 Å². The molecule has 3 aromatic rings. The van der Waals surface area contributed by atoms with Crippen LogP contribution in [0.4, 0.5) is 13.2 Å². The van der Waals surface area contributed by atoms with Gasteiger partial charge in [-0.15, -0.1) is 0 Å². The first kappa shape index (κ1) is 16.8. The first-order chi connectivity index (χ1) is 11.9. The van der Waals surface area contributed by atoms with E-state index >= 15 is 0 Å². The Morgan fingerprint density at radius 3 is 2.48 bits per heavy atom. The summed E-state index contributed by atoms with van der Waals surface area (Å²) >= 11 is 0. The Hall–Kier alpha value is -3.03. The van der Waals surface area contributed by atoms with Gasteiger partial charge in [0.05, 0.1) is 19.8 Å². The van der Waals surface area contributed by atoms with Gasteiger partial charge in [0, 0.05) is 11.8 Å². The topological polar surface area (TPSA) is 52.8 Å². The zero-order valence-corrected chi connectivity index (χ0v) is 13.3. The van der Waals surface area contributed by atoms with Crippen LogP contribution in [0.2, 0.25) is 0 Å². The Labute approximate surface area is 140 Å². The van der Waals surface area contributed by atoms with E-state index in [0.717, 1.165) is 16.7 Å².